The summed E-state index contributed by atoms with van der Waals surface area (Å²) >= 11 is 1.88. The molecule has 0 aliphatic rings. The first-order chi connectivity index (χ1) is 18.7. The van der Waals surface area contributed by atoms with E-state index >= 15 is 0 Å². The van der Waals surface area contributed by atoms with Gasteiger partial charge in [0.1, 0.15) is 0 Å². The molecule has 0 amide bonds. The molecular weight excluding hydrogens is 476 g/mol. The van der Waals surface area contributed by atoms with Crippen molar-refractivity contribution in [3.8, 4) is 22.3 Å². The van der Waals surface area contributed by atoms with Crippen LogP contribution in [0.4, 0.5) is 0 Å². The summed E-state index contributed by atoms with van der Waals surface area (Å²) in [5.41, 5.74) is 7.59. The van der Waals surface area contributed by atoms with Gasteiger partial charge < -0.3 is 0 Å². The Morgan fingerprint density at radius 2 is 1.29 bits per heavy atom. The number of rotatable bonds is 4. The normalized spacial score (nSPS) is 11.8. The van der Waals surface area contributed by atoms with Crippen molar-refractivity contribution >= 4 is 59.1 Å². The van der Waals surface area contributed by atoms with E-state index in [1.165, 1.54) is 75.1 Å². The lowest BCUT2D eigenvalue weighted by molar-refractivity contribution is 1.52. The molecular formula is C37H26S. The fourth-order valence-electron chi connectivity index (χ4n) is 5.79. The first-order valence-corrected chi connectivity index (χ1v) is 13.8. The molecule has 0 fully saturated rings. The molecule has 0 radical (unpaired) electrons. The maximum absolute atomic E-state index is 3.86. The van der Waals surface area contributed by atoms with Gasteiger partial charge in [-0.3, -0.25) is 0 Å². The van der Waals surface area contributed by atoms with Crippen LogP contribution in [0.25, 0.3) is 70.0 Å². The maximum atomic E-state index is 3.86. The van der Waals surface area contributed by atoms with Gasteiger partial charge in [-0.05, 0) is 80.0 Å². The van der Waals surface area contributed by atoms with Crippen molar-refractivity contribution in [3.63, 3.8) is 0 Å². The first kappa shape index (κ1) is 22.7. The zero-order valence-corrected chi connectivity index (χ0v) is 22.1. The maximum Gasteiger partial charge on any atom is 0.0433 e. The minimum absolute atomic E-state index is 1.24. The fraction of sp³-hybridized carbons (Fsp3) is 0.0270. The predicted molar refractivity (Wildman–Crippen MR) is 169 cm³/mol. The van der Waals surface area contributed by atoms with Gasteiger partial charge in [-0.2, -0.15) is 0 Å². The summed E-state index contributed by atoms with van der Waals surface area (Å²) in [4.78, 5) is 0. The van der Waals surface area contributed by atoms with Crippen molar-refractivity contribution in [2.24, 2.45) is 0 Å². The minimum Gasteiger partial charge on any atom is -0.135 e. The SMILES string of the molecule is C=C/C=C\c1c(C)c2ccc(-c3cccc(-c4cccc5c4sc4ccccc45)c3)cc2c2ccccc12. The number of hydrogen-bond acceptors (Lipinski definition) is 1. The Kier molecular flexibility index (Phi) is 5.46. The van der Waals surface area contributed by atoms with E-state index in [0.717, 1.165) is 0 Å². The first-order valence-electron chi connectivity index (χ1n) is 13.0. The third kappa shape index (κ3) is 3.59. The van der Waals surface area contributed by atoms with E-state index < -0.39 is 0 Å². The molecule has 0 N–H and O–H groups in total. The highest BCUT2D eigenvalue weighted by atomic mass is 32.1. The Morgan fingerprint density at radius 3 is 2.16 bits per heavy atom. The molecule has 0 aliphatic carbocycles. The lowest BCUT2D eigenvalue weighted by atomic mass is 9.90. The summed E-state index contributed by atoms with van der Waals surface area (Å²) in [6, 6.07) is 40.0. The van der Waals surface area contributed by atoms with Gasteiger partial charge in [0.2, 0.25) is 0 Å². The zero-order valence-electron chi connectivity index (χ0n) is 21.2. The van der Waals surface area contributed by atoms with Crippen molar-refractivity contribution in [1.82, 2.24) is 0 Å². The van der Waals surface area contributed by atoms with E-state index in [4.69, 9.17) is 0 Å². The number of thiophene rings is 1. The van der Waals surface area contributed by atoms with E-state index in [-0.39, 0.29) is 0 Å². The van der Waals surface area contributed by atoms with Crippen molar-refractivity contribution < 1.29 is 0 Å². The van der Waals surface area contributed by atoms with Gasteiger partial charge in [-0.25, -0.2) is 0 Å². The van der Waals surface area contributed by atoms with E-state index in [1.807, 2.05) is 23.5 Å². The summed E-state index contributed by atoms with van der Waals surface area (Å²) < 4.78 is 2.69. The van der Waals surface area contributed by atoms with Crippen molar-refractivity contribution in [2.45, 2.75) is 6.92 Å². The number of benzene rings is 6. The van der Waals surface area contributed by atoms with Crippen LogP contribution in [0.2, 0.25) is 0 Å². The average Bonchev–Trinajstić information content (AvgIpc) is 3.36. The average molecular weight is 503 g/mol. The monoisotopic (exact) mass is 502 g/mol. The molecule has 6 aromatic carbocycles. The summed E-state index contributed by atoms with van der Waals surface area (Å²) in [6.45, 7) is 6.09. The molecule has 0 saturated heterocycles. The van der Waals surface area contributed by atoms with Crippen molar-refractivity contribution in [1.29, 1.82) is 0 Å². The Morgan fingerprint density at radius 1 is 0.579 bits per heavy atom. The van der Waals surface area contributed by atoms with Crippen LogP contribution in [0.15, 0.2) is 128 Å². The topological polar surface area (TPSA) is 0 Å². The van der Waals surface area contributed by atoms with Crippen LogP contribution in [-0.2, 0) is 0 Å². The van der Waals surface area contributed by atoms with Gasteiger partial charge in [-0.15, -0.1) is 11.3 Å². The fourth-order valence-corrected chi connectivity index (χ4v) is 7.03. The molecule has 7 rings (SSSR count). The second-order valence-corrected chi connectivity index (χ2v) is 10.9. The summed E-state index contributed by atoms with van der Waals surface area (Å²) in [7, 11) is 0. The Bertz CT molecular complexity index is 2050. The van der Waals surface area contributed by atoms with Crippen LogP contribution in [0.5, 0.6) is 0 Å². The van der Waals surface area contributed by atoms with E-state index in [0.29, 0.717) is 0 Å². The van der Waals surface area contributed by atoms with E-state index in [9.17, 15) is 0 Å². The van der Waals surface area contributed by atoms with Crippen LogP contribution < -0.4 is 0 Å². The van der Waals surface area contributed by atoms with Crippen molar-refractivity contribution in [2.75, 3.05) is 0 Å². The minimum atomic E-state index is 1.24. The predicted octanol–water partition coefficient (Wildman–Crippen LogP) is 11.2. The second kappa shape index (κ2) is 9.13. The molecule has 7 aromatic rings. The molecule has 0 spiro atoms. The third-order valence-electron chi connectivity index (χ3n) is 7.65. The quantitative estimate of drug-likeness (QED) is 0.166. The zero-order chi connectivity index (χ0) is 25.6. The molecule has 180 valence electrons. The number of aryl methyl sites for hydroxylation is 1. The van der Waals surface area contributed by atoms with E-state index in [2.05, 4.69) is 129 Å². The Labute approximate surface area is 226 Å². The molecule has 0 unspecified atom stereocenters. The molecule has 1 heterocycles. The van der Waals surface area contributed by atoms with Crippen LogP contribution >= 0.6 is 11.3 Å². The van der Waals surface area contributed by atoms with Gasteiger partial charge >= 0.3 is 0 Å². The van der Waals surface area contributed by atoms with Crippen LogP contribution in [-0.4, -0.2) is 0 Å². The summed E-state index contributed by atoms with van der Waals surface area (Å²) in [5, 5.41) is 7.82. The van der Waals surface area contributed by atoms with Gasteiger partial charge in [0.05, 0.1) is 0 Å². The molecule has 0 aliphatic heterocycles. The van der Waals surface area contributed by atoms with Gasteiger partial charge in [-0.1, -0.05) is 116 Å². The number of hydrogen-bond donors (Lipinski definition) is 0. The Balaban J connectivity index is 1.41. The summed E-state index contributed by atoms with van der Waals surface area (Å²) in [6.07, 6.45) is 6.04. The van der Waals surface area contributed by atoms with Gasteiger partial charge in [0, 0.05) is 20.2 Å². The smallest absolute Gasteiger partial charge is 0.0433 e. The van der Waals surface area contributed by atoms with Crippen LogP contribution in [0, 0.1) is 6.92 Å². The van der Waals surface area contributed by atoms with Crippen LogP contribution in [0.3, 0.4) is 0 Å². The van der Waals surface area contributed by atoms with Gasteiger partial charge in [0.15, 0.2) is 0 Å². The highest BCUT2D eigenvalue weighted by Gasteiger charge is 2.13. The molecule has 0 saturated carbocycles. The number of fused-ring (bicyclic) bond motifs is 6. The largest absolute Gasteiger partial charge is 0.135 e. The molecule has 38 heavy (non-hydrogen) atoms. The van der Waals surface area contributed by atoms with E-state index in [1.54, 1.807) is 0 Å². The second-order valence-electron chi connectivity index (χ2n) is 9.80. The highest BCUT2D eigenvalue weighted by molar-refractivity contribution is 7.26. The number of allylic oxidation sites excluding steroid dienone is 2. The standard InChI is InChI=1S/C37H26S/c1-3-4-13-28-24(2)29-21-20-26(23-35(29)32-15-6-5-14-31(28)32)25-11-9-12-27(22-25)30-17-10-18-34-33-16-7-8-19-36(33)38-37(30)34/h3-23H,1H2,2H3/b13-4-. The van der Waals surface area contributed by atoms with Gasteiger partial charge in [0.25, 0.3) is 0 Å². The third-order valence-corrected chi connectivity index (χ3v) is 8.87. The Hall–Kier alpha value is -4.46. The van der Waals surface area contributed by atoms with Crippen LogP contribution in [0.1, 0.15) is 11.1 Å². The molecule has 1 heteroatoms. The highest BCUT2D eigenvalue weighted by Crippen LogP contribution is 2.41. The molecule has 1 aromatic heterocycles. The lowest BCUT2D eigenvalue weighted by Crippen LogP contribution is -1.90. The summed E-state index contributed by atoms with van der Waals surface area (Å²) in [5.74, 6) is 0. The van der Waals surface area contributed by atoms with Crippen molar-refractivity contribution in [3.05, 3.63) is 139 Å². The molecule has 0 nitrogen and oxygen atoms in total. The molecule has 0 bridgehead atoms. The molecule has 0 atom stereocenters. The lowest BCUT2D eigenvalue weighted by Gasteiger charge is -2.14.